The Balaban J connectivity index is 2.04. The molecule has 1 atom stereocenters. The molecule has 170 valence electrons. The first kappa shape index (κ1) is 24.7. The van der Waals surface area contributed by atoms with Crippen LogP contribution in [0.25, 0.3) is 0 Å². The van der Waals surface area contributed by atoms with Gasteiger partial charge in [0.05, 0.1) is 24.6 Å². The van der Waals surface area contributed by atoms with E-state index in [1.165, 1.54) is 16.1 Å². The molecule has 2 rings (SSSR count). The largest absolute Gasteiger partial charge is 0.492 e. The number of carbonyl (C=O) groups is 1. The minimum absolute atomic E-state index is 0.0576. The van der Waals surface area contributed by atoms with Crippen LogP contribution in [0.1, 0.15) is 55.8 Å². The third-order valence-electron chi connectivity index (χ3n) is 5.14. The van der Waals surface area contributed by atoms with E-state index in [2.05, 4.69) is 30.4 Å². The van der Waals surface area contributed by atoms with Crippen LogP contribution in [0.2, 0.25) is 0 Å². The van der Waals surface area contributed by atoms with Crippen molar-refractivity contribution < 1.29 is 17.9 Å². The van der Waals surface area contributed by atoms with Crippen molar-refractivity contribution in [1.29, 1.82) is 0 Å². The van der Waals surface area contributed by atoms with Crippen LogP contribution in [-0.2, 0) is 14.8 Å². The molecule has 0 radical (unpaired) electrons. The van der Waals surface area contributed by atoms with E-state index in [9.17, 15) is 13.2 Å². The summed E-state index contributed by atoms with van der Waals surface area (Å²) in [6.45, 7) is 8.64. The highest BCUT2D eigenvalue weighted by molar-refractivity contribution is 7.92. The summed E-state index contributed by atoms with van der Waals surface area (Å²) in [5.41, 5.74) is 3.96. The highest BCUT2D eigenvalue weighted by Crippen LogP contribution is 2.30. The highest BCUT2D eigenvalue weighted by Gasteiger charge is 2.21. The van der Waals surface area contributed by atoms with Crippen molar-refractivity contribution >= 4 is 21.6 Å². The second kappa shape index (κ2) is 11.2. The Morgan fingerprint density at radius 3 is 2.45 bits per heavy atom. The summed E-state index contributed by atoms with van der Waals surface area (Å²) in [6.07, 6.45) is 2.60. The van der Waals surface area contributed by atoms with Gasteiger partial charge >= 0.3 is 0 Å². The standard InChI is InChI=1S/C24H34N2O4S/c1-6-21(20-15-14-18(3)17-19(20)4)25-24(27)13-10-16-26(31(5,28)29)22-11-8-9-12-23(22)30-7-2/h8-9,11-12,14-15,17,21H,6-7,10,13,16H2,1-5H3,(H,25,27)/t21-/m1/s1. The number of nitrogens with one attached hydrogen (secondary N) is 1. The molecule has 2 aromatic rings. The molecule has 0 saturated carbocycles. The number of para-hydroxylation sites is 2. The van der Waals surface area contributed by atoms with E-state index >= 15 is 0 Å². The molecule has 0 aromatic heterocycles. The quantitative estimate of drug-likeness (QED) is 0.551. The van der Waals surface area contributed by atoms with Gasteiger partial charge in [-0.1, -0.05) is 42.8 Å². The van der Waals surface area contributed by atoms with Crippen molar-refractivity contribution in [2.24, 2.45) is 0 Å². The van der Waals surface area contributed by atoms with Crippen LogP contribution in [0.4, 0.5) is 5.69 Å². The van der Waals surface area contributed by atoms with E-state index in [1.54, 1.807) is 24.3 Å². The number of anilines is 1. The Morgan fingerprint density at radius 1 is 1.13 bits per heavy atom. The van der Waals surface area contributed by atoms with Crippen LogP contribution in [0, 0.1) is 13.8 Å². The van der Waals surface area contributed by atoms with E-state index in [-0.39, 0.29) is 24.9 Å². The van der Waals surface area contributed by atoms with Gasteiger partial charge in [0, 0.05) is 13.0 Å². The molecular formula is C24H34N2O4S. The molecular weight excluding hydrogens is 412 g/mol. The molecule has 0 aliphatic heterocycles. The summed E-state index contributed by atoms with van der Waals surface area (Å²) in [6, 6.07) is 13.2. The minimum Gasteiger partial charge on any atom is -0.492 e. The number of ether oxygens (including phenoxy) is 1. The predicted molar refractivity (Wildman–Crippen MR) is 126 cm³/mol. The van der Waals surface area contributed by atoms with Crippen LogP contribution >= 0.6 is 0 Å². The maximum Gasteiger partial charge on any atom is 0.232 e. The maximum atomic E-state index is 12.6. The van der Waals surface area contributed by atoms with Crippen LogP contribution in [0.5, 0.6) is 5.75 Å². The van der Waals surface area contributed by atoms with Gasteiger partial charge in [-0.15, -0.1) is 0 Å². The first-order valence-corrected chi connectivity index (χ1v) is 12.6. The predicted octanol–water partition coefficient (Wildman–Crippen LogP) is 4.52. The summed E-state index contributed by atoms with van der Waals surface area (Å²) in [5.74, 6) is 0.430. The van der Waals surface area contributed by atoms with Gasteiger partial charge < -0.3 is 10.1 Å². The number of amides is 1. The molecule has 6 nitrogen and oxygen atoms in total. The van der Waals surface area contributed by atoms with E-state index in [1.807, 2.05) is 20.8 Å². The molecule has 0 unspecified atom stereocenters. The minimum atomic E-state index is -3.52. The lowest BCUT2D eigenvalue weighted by molar-refractivity contribution is -0.121. The number of sulfonamides is 1. The van der Waals surface area contributed by atoms with Crippen LogP contribution in [0.15, 0.2) is 42.5 Å². The lowest BCUT2D eigenvalue weighted by Crippen LogP contribution is -2.33. The second-order valence-electron chi connectivity index (χ2n) is 7.73. The van der Waals surface area contributed by atoms with Crippen molar-refractivity contribution in [2.75, 3.05) is 23.7 Å². The molecule has 0 spiro atoms. The summed E-state index contributed by atoms with van der Waals surface area (Å²) >= 11 is 0. The number of hydrogen-bond acceptors (Lipinski definition) is 4. The third-order valence-corrected chi connectivity index (χ3v) is 6.32. The summed E-state index contributed by atoms with van der Waals surface area (Å²) < 4.78 is 31.7. The smallest absolute Gasteiger partial charge is 0.232 e. The normalized spacial score (nSPS) is 12.3. The monoisotopic (exact) mass is 446 g/mol. The highest BCUT2D eigenvalue weighted by atomic mass is 32.2. The summed E-state index contributed by atoms with van der Waals surface area (Å²) in [5, 5.41) is 3.10. The van der Waals surface area contributed by atoms with Crippen molar-refractivity contribution in [2.45, 2.75) is 53.0 Å². The molecule has 0 saturated heterocycles. The second-order valence-corrected chi connectivity index (χ2v) is 9.63. The topological polar surface area (TPSA) is 75.7 Å². The van der Waals surface area contributed by atoms with Gasteiger partial charge in [0.25, 0.3) is 0 Å². The van der Waals surface area contributed by atoms with Gasteiger partial charge in [-0.3, -0.25) is 9.10 Å². The Bertz CT molecular complexity index is 989. The molecule has 0 heterocycles. The van der Waals surface area contributed by atoms with E-state index < -0.39 is 10.0 Å². The van der Waals surface area contributed by atoms with Gasteiger partial charge in [0.15, 0.2) is 0 Å². The van der Waals surface area contributed by atoms with Gasteiger partial charge in [-0.25, -0.2) is 8.42 Å². The fraction of sp³-hybridized carbons (Fsp3) is 0.458. The average molecular weight is 447 g/mol. The first-order valence-electron chi connectivity index (χ1n) is 10.7. The first-order chi connectivity index (χ1) is 14.7. The summed E-state index contributed by atoms with van der Waals surface area (Å²) in [4.78, 5) is 12.6. The number of nitrogens with zero attached hydrogens (tertiary/aromatic N) is 1. The van der Waals surface area contributed by atoms with E-state index in [0.29, 0.717) is 24.5 Å². The van der Waals surface area contributed by atoms with Crippen molar-refractivity contribution in [3.05, 3.63) is 59.2 Å². The van der Waals surface area contributed by atoms with Gasteiger partial charge in [-0.05, 0) is 56.9 Å². The molecule has 2 aromatic carbocycles. The molecule has 7 heteroatoms. The molecule has 0 bridgehead atoms. The zero-order valence-electron chi connectivity index (χ0n) is 19.1. The number of hydrogen-bond donors (Lipinski definition) is 1. The maximum absolute atomic E-state index is 12.6. The van der Waals surface area contributed by atoms with Gasteiger partial charge in [-0.2, -0.15) is 0 Å². The van der Waals surface area contributed by atoms with Crippen LogP contribution in [0.3, 0.4) is 0 Å². The Kier molecular flexibility index (Phi) is 8.92. The van der Waals surface area contributed by atoms with Crippen molar-refractivity contribution in [1.82, 2.24) is 5.32 Å². The lowest BCUT2D eigenvalue weighted by atomic mass is 9.97. The SMILES string of the molecule is CCOc1ccccc1N(CCCC(=O)N[C@H](CC)c1ccc(C)cc1C)S(C)(=O)=O. The zero-order valence-corrected chi connectivity index (χ0v) is 20.0. The van der Waals surface area contributed by atoms with E-state index in [0.717, 1.165) is 17.5 Å². The Morgan fingerprint density at radius 2 is 1.84 bits per heavy atom. The molecule has 0 fully saturated rings. The zero-order chi connectivity index (χ0) is 23.0. The van der Waals surface area contributed by atoms with Crippen molar-refractivity contribution in [3.8, 4) is 5.75 Å². The molecule has 31 heavy (non-hydrogen) atoms. The number of carbonyl (C=O) groups excluding carboxylic acids is 1. The molecule has 1 amide bonds. The molecule has 0 aliphatic carbocycles. The fourth-order valence-electron chi connectivity index (χ4n) is 3.67. The number of rotatable bonds is 11. The van der Waals surface area contributed by atoms with Gasteiger partial charge in [0.2, 0.25) is 15.9 Å². The number of benzene rings is 2. The third kappa shape index (κ3) is 6.99. The molecule has 0 aliphatic rings. The lowest BCUT2D eigenvalue weighted by Gasteiger charge is -2.25. The Hall–Kier alpha value is -2.54. The average Bonchev–Trinajstić information content (AvgIpc) is 2.70. The summed E-state index contributed by atoms with van der Waals surface area (Å²) in [7, 11) is -3.52. The van der Waals surface area contributed by atoms with Gasteiger partial charge in [0.1, 0.15) is 5.75 Å². The van der Waals surface area contributed by atoms with Crippen molar-refractivity contribution in [3.63, 3.8) is 0 Å². The molecule has 1 N–H and O–H groups in total. The number of aryl methyl sites for hydroxylation is 2. The van der Waals surface area contributed by atoms with E-state index in [4.69, 9.17) is 4.74 Å². The fourth-order valence-corrected chi connectivity index (χ4v) is 4.64. The van der Waals surface area contributed by atoms with Crippen LogP contribution in [-0.4, -0.2) is 33.7 Å². The Labute approximate surface area is 186 Å². The van der Waals surface area contributed by atoms with Crippen LogP contribution < -0.4 is 14.4 Å².